The minimum absolute atomic E-state index is 0.182. The van der Waals surface area contributed by atoms with Gasteiger partial charge in [-0.05, 0) is 56.4 Å². The summed E-state index contributed by atoms with van der Waals surface area (Å²) in [5, 5.41) is 1.25. The molecule has 0 aliphatic carbocycles. The van der Waals surface area contributed by atoms with Gasteiger partial charge in [0.2, 0.25) is 5.75 Å². The number of fused-ring (bicyclic) bond motifs is 1. The molecular weight excluding hydrogens is 462 g/mol. The van der Waals surface area contributed by atoms with E-state index in [0.29, 0.717) is 40.5 Å². The molecule has 0 spiro atoms. The number of ether oxygens (including phenoxy) is 3. The second-order valence-electron chi connectivity index (χ2n) is 7.62. The van der Waals surface area contributed by atoms with Crippen molar-refractivity contribution in [1.82, 2.24) is 9.88 Å². The molecule has 0 N–H and O–H groups in total. The number of amides is 1. The van der Waals surface area contributed by atoms with Gasteiger partial charge >= 0.3 is 0 Å². The molecule has 0 aliphatic heterocycles. The van der Waals surface area contributed by atoms with Crippen molar-refractivity contribution < 1.29 is 19.0 Å². The lowest BCUT2D eigenvalue weighted by Gasteiger charge is -2.20. The number of aryl methyl sites for hydroxylation is 1. The smallest absolute Gasteiger partial charge is 0.252 e. The first-order valence-electron chi connectivity index (χ1n) is 10.3. The number of carbonyl (C=O) groups excluding carboxylic acids is 1. The van der Waals surface area contributed by atoms with E-state index in [4.69, 9.17) is 30.8 Å². The number of nitrogens with zero attached hydrogens (tertiary/aromatic N) is 3. The van der Waals surface area contributed by atoms with E-state index < -0.39 is 0 Å². The highest BCUT2D eigenvalue weighted by atomic mass is 35.5. The van der Waals surface area contributed by atoms with E-state index in [0.717, 1.165) is 21.3 Å². The molecule has 7 nitrogen and oxygen atoms in total. The SMILES string of the molecule is COc1cc(C=CC(=O)N(CCN(C)C)c2nc3c(C)ccc(Cl)c3s2)cc(OC)c1OC. The fraction of sp³-hybridized carbons (Fsp3) is 0.333. The Morgan fingerprint density at radius 2 is 1.76 bits per heavy atom. The summed E-state index contributed by atoms with van der Waals surface area (Å²) in [4.78, 5) is 21.7. The average Bonchev–Trinajstić information content (AvgIpc) is 3.25. The lowest BCUT2D eigenvalue weighted by Crippen LogP contribution is -2.35. The molecule has 176 valence electrons. The largest absolute Gasteiger partial charge is 0.493 e. The number of rotatable bonds is 9. The number of thiazole rings is 1. The van der Waals surface area contributed by atoms with Crippen molar-refractivity contribution in [1.29, 1.82) is 0 Å². The zero-order valence-corrected chi connectivity index (χ0v) is 21.2. The van der Waals surface area contributed by atoms with Crippen molar-refractivity contribution >= 4 is 50.3 Å². The number of methoxy groups -OCH3 is 3. The van der Waals surface area contributed by atoms with Crippen LogP contribution in [-0.4, -0.2) is 64.3 Å². The van der Waals surface area contributed by atoms with Crippen molar-refractivity contribution in [2.45, 2.75) is 6.92 Å². The van der Waals surface area contributed by atoms with Crippen molar-refractivity contribution in [2.24, 2.45) is 0 Å². The normalized spacial score (nSPS) is 11.4. The minimum atomic E-state index is -0.182. The van der Waals surface area contributed by atoms with Gasteiger partial charge in [0.05, 0.1) is 36.6 Å². The van der Waals surface area contributed by atoms with Gasteiger partial charge in [0, 0.05) is 19.2 Å². The first kappa shape index (κ1) is 24.8. The summed E-state index contributed by atoms with van der Waals surface area (Å²) in [6.07, 6.45) is 3.25. The van der Waals surface area contributed by atoms with E-state index in [2.05, 4.69) is 0 Å². The molecule has 3 aromatic rings. The summed E-state index contributed by atoms with van der Waals surface area (Å²) >= 11 is 7.81. The Morgan fingerprint density at radius 3 is 2.30 bits per heavy atom. The number of anilines is 1. The Morgan fingerprint density at radius 1 is 1.09 bits per heavy atom. The van der Waals surface area contributed by atoms with Crippen molar-refractivity contribution in [3.63, 3.8) is 0 Å². The number of aromatic nitrogens is 1. The second kappa shape index (κ2) is 10.9. The lowest BCUT2D eigenvalue weighted by molar-refractivity contribution is -0.114. The minimum Gasteiger partial charge on any atom is -0.493 e. The fourth-order valence-electron chi connectivity index (χ4n) is 3.26. The number of likely N-dealkylation sites (N-methyl/N-ethyl adjacent to an activating group) is 1. The summed E-state index contributed by atoms with van der Waals surface area (Å²) in [5.74, 6) is 1.35. The van der Waals surface area contributed by atoms with Gasteiger partial charge in [0.25, 0.3) is 5.91 Å². The van der Waals surface area contributed by atoms with Gasteiger partial charge in [-0.25, -0.2) is 4.98 Å². The molecule has 33 heavy (non-hydrogen) atoms. The number of benzene rings is 2. The van der Waals surface area contributed by atoms with Crippen molar-refractivity contribution in [2.75, 3.05) is 53.4 Å². The van der Waals surface area contributed by atoms with Crippen LogP contribution in [0.3, 0.4) is 0 Å². The van der Waals surface area contributed by atoms with Crippen LogP contribution in [-0.2, 0) is 4.79 Å². The predicted molar refractivity (Wildman–Crippen MR) is 135 cm³/mol. The van der Waals surface area contributed by atoms with Crippen LogP contribution >= 0.6 is 22.9 Å². The van der Waals surface area contributed by atoms with Gasteiger partial charge in [-0.3, -0.25) is 9.69 Å². The lowest BCUT2D eigenvalue weighted by atomic mass is 10.1. The zero-order chi connectivity index (χ0) is 24.1. The Kier molecular flexibility index (Phi) is 8.18. The Labute approximate surface area is 203 Å². The third-order valence-corrected chi connectivity index (χ3v) is 6.60. The first-order chi connectivity index (χ1) is 15.8. The maximum Gasteiger partial charge on any atom is 0.252 e. The van der Waals surface area contributed by atoms with Crippen LogP contribution in [0, 0.1) is 6.92 Å². The molecular formula is C24H28ClN3O4S. The van der Waals surface area contributed by atoms with E-state index >= 15 is 0 Å². The van der Waals surface area contributed by atoms with Crippen LogP contribution in [0.25, 0.3) is 16.3 Å². The Balaban J connectivity index is 1.96. The maximum atomic E-state index is 13.3. The molecule has 1 heterocycles. The molecule has 1 amide bonds. The number of halogens is 1. The molecule has 9 heteroatoms. The third-order valence-electron chi connectivity index (χ3n) is 5.06. The van der Waals surface area contributed by atoms with Crippen LogP contribution in [0.2, 0.25) is 5.02 Å². The molecule has 0 saturated heterocycles. The number of hydrogen-bond acceptors (Lipinski definition) is 7. The van der Waals surface area contributed by atoms with E-state index in [1.807, 2.05) is 38.1 Å². The summed E-state index contributed by atoms with van der Waals surface area (Å²) in [7, 11) is 8.59. The number of carbonyl (C=O) groups is 1. The van der Waals surface area contributed by atoms with E-state index in [9.17, 15) is 4.79 Å². The standard InChI is InChI=1S/C24H28ClN3O4S/c1-15-7-9-17(25)23-21(15)26-24(33-23)28(12-11-27(2)3)20(29)10-8-16-13-18(30-4)22(32-6)19(14-16)31-5/h7-10,13-14H,11-12H2,1-6H3. The van der Waals surface area contributed by atoms with Gasteiger partial charge in [-0.1, -0.05) is 29.0 Å². The van der Waals surface area contributed by atoms with Gasteiger partial charge in [-0.2, -0.15) is 0 Å². The zero-order valence-electron chi connectivity index (χ0n) is 19.6. The summed E-state index contributed by atoms with van der Waals surface area (Å²) in [5.41, 5.74) is 2.58. The maximum absolute atomic E-state index is 13.3. The predicted octanol–water partition coefficient (Wildman–Crippen LogP) is 4.89. The molecule has 3 rings (SSSR count). The molecule has 0 aliphatic rings. The monoisotopic (exact) mass is 489 g/mol. The molecule has 0 saturated carbocycles. The average molecular weight is 490 g/mol. The van der Waals surface area contributed by atoms with Gasteiger partial charge in [0.15, 0.2) is 16.6 Å². The summed E-state index contributed by atoms with van der Waals surface area (Å²) < 4.78 is 17.1. The van der Waals surface area contributed by atoms with Crippen molar-refractivity contribution in [3.8, 4) is 17.2 Å². The Bertz CT molecular complexity index is 1110. The van der Waals surface area contributed by atoms with E-state index in [1.54, 1.807) is 44.4 Å². The molecule has 2 aromatic carbocycles. The van der Waals surface area contributed by atoms with E-state index in [-0.39, 0.29) is 5.91 Å². The summed E-state index contributed by atoms with van der Waals surface area (Å²) in [6, 6.07) is 7.37. The molecule has 1 aromatic heterocycles. The quantitative estimate of drug-likeness (QED) is 0.399. The number of hydrogen-bond donors (Lipinski definition) is 0. The highest BCUT2D eigenvalue weighted by molar-refractivity contribution is 7.23. The molecule has 0 radical (unpaired) electrons. The molecule has 0 unspecified atom stereocenters. The van der Waals surface area contributed by atoms with Crippen molar-refractivity contribution in [3.05, 3.63) is 46.5 Å². The summed E-state index contributed by atoms with van der Waals surface area (Å²) in [6.45, 7) is 3.16. The van der Waals surface area contributed by atoms with Crippen LogP contribution in [0.1, 0.15) is 11.1 Å². The van der Waals surface area contributed by atoms with Crippen LogP contribution in [0.15, 0.2) is 30.3 Å². The van der Waals surface area contributed by atoms with Gasteiger partial charge in [-0.15, -0.1) is 0 Å². The highest BCUT2D eigenvalue weighted by Gasteiger charge is 2.20. The highest BCUT2D eigenvalue weighted by Crippen LogP contribution is 2.39. The molecule has 0 fully saturated rings. The van der Waals surface area contributed by atoms with Gasteiger partial charge in [0.1, 0.15) is 0 Å². The van der Waals surface area contributed by atoms with Gasteiger partial charge < -0.3 is 19.1 Å². The van der Waals surface area contributed by atoms with Crippen LogP contribution < -0.4 is 19.1 Å². The Hall–Kier alpha value is -2.81. The van der Waals surface area contributed by atoms with E-state index in [1.165, 1.54) is 17.4 Å². The fourth-order valence-corrected chi connectivity index (χ4v) is 4.61. The van der Waals surface area contributed by atoms with Crippen LogP contribution in [0.5, 0.6) is 17.2 Å². The third kappa shape index (κ3) is 5.58. The topological polar surface area (TPSA) is 64.1 Å². The first-order valence-corrected chi connectivity index (χ1v) is 11.5. The molecule has 0 atom stereocenters. The second-order valence-corrected chi connectivity index (χ2v) is 9.01. The molecule has 0 bridgehead atoms. The van der Waals surface area contributed by atoms with Crippen LogP contribution in [0.4, 0.5) is 5.13 Å².